The van der Waals surface area contributed by atoms with Crippen molar-refractivity contribution in [2.45, 2.75) is 39.7 Å². The van der Waals surface area contributed by atoms with Crippen molar-refractivity contribution >= 4 is 17.5 Å². The zero-order valence-corrected chi connectivity index (χ0v) is 12.2. The molecular weight excluding hydrogens is 256 g/mol. The summed E-state index contributed by atoms with van der Waals surface area (Å²) in [7, 11) is 0. The van der Waals surface area contributed by atoms with E-state index in [-0.39, 0.29) is 24.5 Å². The molecule has 1 aromatic carbocycles. The van der Waals surface area contributed by atoms with Gasteiger partial charge in [-0.1, -0.05) is 0 Å². The summed E-state index contributed by atoms with van der Waals surface area (Å²) in [6.45, 7) is 5.37. The van der Waals surface area contributed by atoms with Crippen LogP contribution < -0.4 is 10.6 Å². The number of rotatable bonds is 6. The van der Waals surface area contributed by atoms with E-state index < -0.39 is 0 Å². The SMILES string of the molecule is CC(=O)c1ccc(NC(=O)NC(C)CCCO)cc1C. The van der Waals surface area contributed by atoms with Crippen molar-refractivity contribution in [2.75, 3.05) is 11.9 Å². The first-order valence-electron chi connectivity index (χ1n) is 6.74. The summed E-state index contributed by atoms with van der Waals surface area (Å²) < 4.78 is 0. The van der Waals surface area contributed by atoms with E-state index in [0.29, 0.717) is 17.7 Å². The maximum absolute atomic E-state index is 11.8. The summed E-state index contributed by atoms with van der Waals surface area (Å²) in [4.78, 5) is 23.1. The van der Waals surface area contributed by atoms with Crippen LogP contribution in [0.4, 0.5) is 10.5 Å². The number of aliphatic hydroxyl groups is 1. The van der Waals surface area contributed by atoms with E-state index in [9.17, 15) is 9.59 Å². The highest BCUT2D eigenvalue weighted by Gasteiger charge is 2.09. The molecule has 2 amide bonds. The highest BCUT2D eigenvalue weighted by atomic mass is 16.3. The van der Waals surface area contributed by atoms with Crippen molar-refractivity contribution in [2.24, 2.45) is 0 Å². The molecule has 0 saturated carbocycles. The molecule has 0 fully saturated rings. The van der Waals surface area contributed by atoms with Crippen LogP contribution in [0.1, 0.15) is 42.6 Å². The lowest BCUT2D eigenvalue weighted by Crippen LogP contribution is -2.36. The second kappa shape index (κ2) is 7.65. The van der Waals surface area contributed by atoms with E-state index >= 15 is 0 Å². The van der Waals surface area contributed by atoms with Crippen LogP contribution in [0.5, 0.6) is 0 Å². The molecule has 5 heteroatoms. The number of amides is 2. The predicted octanol–water partition coefficient (Wildman–Crippen LogP) is 2.48. The predicted molar refractivity (Wildman–Crippen MR) is 79.1 cm³/mol. The molecule has 20 heavy (non-hydrogen) atoms. The van der Waals surface area contributed by atoms with Gasteiger partial charge in [-0.15, -0.1) is 0 Å². The largest absolute Gasteiger partial charge is 0.396 e. The molecule has 1 unspecified atom stereocenters. The standard InChI is InChI=1S/C15H22N2O3/c1-10-9-13(6-7-14(10)12(3)19)17-15(20)16-11(2)5-4-8-18/h6-7,9,11,18H,4-5,8H2,1-3H3,(H2,16,17,20). The van der Waals surface area contributed by atoms with Gasteiger partial charge in [0.1, 0.15) is 0 Å². The average molecular weight is 278 g/mol. The third-order valence-corrected chi connectivity index (χ3v) is 3.04. The van der Waals surface area contributed by atoms with Crippen molar-refractivity contribution in [3.05, 3.63) is 29.3 Å². The van der Waals surface area contributed by atoms with Crippen LogP contribution in [-0.2, 0) is 0 Å². The Kier molecular flexibility index (Phi) is 6.18. The van der Waals surface area contributed by atoms with Gasteiger partial charge in [-0.2, -0.15) is 0 Å². The molecule has 0 bridgehead atoms. The molecule has 0 aliphatic rings. The number of hydrogen-bond donors (Lipinski definition) is 3. The monoisotopic (exact) mass is 278 g/mol. The highest BCUT2D eigenvalue weighted by Crippen LogP contribution is 2.15. The number of aliphatic hydroxyl groups excluding tert-OH is 1. The quantitative estimate of drug-likeness (QED) is 0.699. The van der Waals surface area contributed by atoms with E-state index in [1.54, 1.807) is 18.2 Å². The van der Waals surface area contributed by atoms with Crippen molar-refractivity contribution in [1.82, 2.24) is 5.32 Å². The van der Waals surface area contributed by atoms with E-state index in [4.69, 9.17) is 5.11 Å². The summed E-state index contributed by atoms with van der Waals surface area (Å²) in [5, 5.41) is 14.3. The van der Waals surface area contributed by atoms with Crippen LogP contribution in [0.3, 0.4) is 0 Å². The first kappa shape index (κ1) is 16.2. The van der Waals surface area contributed by atoms with Gasteiger partial charge in [0.05, 0.1) is 0 Å². The van der Waals surface area contributed by atoms with Gasteiger partial charge >= 0.3 is 6.03 Å². The van der Waals surface area contributed by atoms with Gasteiger partial charge in [-0.25, -0.2) is 4.79 Å². The second-order valence-electron chi connectivity index (χ2n) is 4.95. The Hall–Kier alpha value is -1.88. The van der Waals surface area contributed by atoms with E-state index in [1.807, 2.05) is 13.8 Å². The molecule has 1 atom stereocenters. The molecule has 0 aliphatic carbocycles. The zero-order chi connectivity index (χ0) is 15.1. The summed E-state index contributed by atoms with van der Waals surface area (Å²) in [5.74, 6) is 0.0103. The van der Waals surface area contributed by atoms with Gasteiger partial charge in [-0.3, -0.25) is 4.79 Å². The number of carbonyl (C=O) groups is 2. The molecular formula is C15H22N2O3. The maximum atomic E-state index is 11.8. The number of aryl methyl sites for hydroxylation is 1. The minimum atomic E-state index is -0.287. The van der Waals surface area contributed by atoms with Crippen molar-refractivity contribution in [3.8, 4) is 0 Å². The molecule has 110 valence electrons. The first-order chi connectivity index (χ1) is 9.43. The smallest absolute Gasteiger partial charge is 0.319 e. The number of nitrogens with one attached hydrogen (secondary N) is 2. The van der Waals surface area contributed by atoms with E-state index in [0.717, 1.165) is 12.0 Å². The van der Waals surface area contributed by atoms with Gasteiger partial charge in [-0.05, 0) is 57.4 Å². The minimum absolute atomic E-state index is 0.000241. The fourth-order valence-corrected chi connectivity index (χ4v) is 2.00. The Morgan fingerprint density at radius 2 is 2.05 bits per heavy atom. The number of hydrogen-bond acceptors (Lipinski definition) is 3. The van der Waals surface area contributed by atoms with Gasteiger partial charge in [0.25, 0.3) is 0 Å². The lowest BCUT2D eigenvalue weighted by Gasteiger charge is -2.14. The average Bonchev–Trinajstić information content (AvgIpc) is 2.35. The summed E-state index contributed by atoms with van der Waals surface area (Å²) >= 11 is 0. The molecule has 1 aromatic rings. The van der Waals surface area contributed by atoms with Crippen LogP contribution >= 0.6 is 0 Å². The topological polar surface area (TPSA) is 78.4 Å². The molecule has 3 N–H and O–H groups in total. The number of benzene rings is 1. The Morgan fingerprint density at radius 3 is 2.60 bits per heavy atom. The van der Waals surface area contributed by atoms with Crippen LogP contribution in [0, 0.1) is 6.92 Å². The molecule has 0 saturated heterocycles. The number of Topliss-reactive ketones (excluding diaryl/α,β-unsaturated/α-hetero) is 1. The third kappa shape index (κ3) is 5.01. The first-order valence-corrected chi connectivity index (χ1v) is 6.74. The Morgan fingerprint density at radius 1 is 1.35 bits per heavy atom. The van der Waals surface area contributed by atoms with Crippen LogP contribution in [0.15, 0.2) is 18.2 Å². The fraction of sp³-hybridized carbons (Fsp3) is 0.467. The molecule has 1 rings (SSSR count). The molecule has 0 radical (unpaired) electrons. The van der Waals surface area contributed by atoms with Crippen molar-refractivity contribution in [1.29, 1.82) is 0 Å². The molecule has 0 aromatic heterocycles. The summed E-state index contributed by atoms with van der Waals surface area (Å²) in [5.41, 5.74) is 2.15. The zero-order valence-electron chi connectivity index (χ0n) is 12.2. The molecule has 0 spiro atoms. The number of ketones is 1. The second-order valence-corrected chi connectivity index (χ2v) is 4.95. The van der Waals surface area contributed by atoms with Gasteiger partial charge in [0.15, 0.2) is 5.78 Å². The van der Waals surface area contributed by atoms with Crippen molar-refractivity contribution < 1.29 is 14.7 Å². The van der Waals surface area contributed by atoms with E-state index in [2.05, 4.69) is 10.6 Å². The number of urea groups is 1. The summed E-state index contributed by atoms with van der Waals surface area (Å²) in [6, 6.07) is 4.91. The molecule has 5 nitrogen and oxygen atoms in total. The Balaban J connectivity index is 2.58. The maximum Gasteiger partial charge on any atom is 0.319 e. The van der Waals surface area contributed by atoms with Gasteiger partial charge in [0, 0.05) is 23.9 Å². The number of carbonyl (C=O) groups excluding carboxylic acids is 2. The lowest BCUT2D eigenvalue weighted by molar-refractivity contribution is 0.101. The van der Waals surface area contributed by atoms with Crippen LogP contribution in [0.2, 0.25) is 0 Å². The third-order valence-electron chi connectivity index (χ3n) is 3.04. The molecule has 0 heterocycles. The van der Waals surface area contributed by atoms with Gasteiger partial charge in [0.2, 0.25) is 0 Å². The fourth-order valence-electron chi connectivity index (χ4n) is 2.00. The van der Waals surface area contributed by atoms with Crippen molar-refractivity contribution in [3.63, 3.8) is 0 Å². The Labute approximate surface area is 119 Å². The number of anilines is 1. The van der Waals surface area contributed by atoms with Crippen LogP contribution in [-0.4, -0.2) is 29.6 Å². The normalized spacial score (nSPS) is 11.8. The lowest BCUT2D eigenvalue weighted by atomic mass is 10.1. The van der Waals surface area contributed by atoms with Gasteiger partial charge < -0.3 is 15.7 Å². The van der Waals surface area contributed by atoms with Crippen LogP contribution in [0.25, 0.3) is 0 Å². The highest BCUT2D eigenvalue weighted by molar-refractivity contribution is 5.96. The molecule has 0 aliphatic heterocycles. The van der Waals surface area contributed by atoms with E-state index in [1.165, 1.54) is 6.92 Å². The minimum Gasteiger partial charge on any atom is -0.396 e. The summed E-state index contributed by atoms with van der Waals surface area (Å²) in [6.07, 6.45) is 1.39. The Bertz CT molecular complexity index is 486.